The monoisotopic (exact) mass is 367 g/mol. The van der Waals surface area contributed by atoms with E-state index in [0.717, 1.165) is 36.9 Å². The van der Waals surface area contributed by atoms with Crippen LogP contribution >= 0.6 is 0 Å². The molecule has 1 aromatic heterocycles. The van der Waals surface area contributed by atoms with E-state index in [-0.39, 0.29) is 6.03 Å². The maximum absolute atomic E-state index is 12.0. The number of nitrogens with one attached hydrogen (secondary N) is 2. The molecule has 2 heterocycles. The SMILES string of the molecule is O=C(NCc1ccccc1)NCc1cc2n(n1)CCN(C1CCCCC1)C2. The molecule has 0 spiro atoms. The lowest BCUT2D eigenvalue weighted by atomic mass is 9.94. The summed E-state index contributed by atoms with van der Waals surface area (Å²) >= 11 is 0. The van der Waals surface area contributed by atoms with Crippen molar-refractivity contribution in [3.05, 3.63) is 53.3 Å². The van der Waals surface area contributed by atoms with Crippen LogP contribution in [0.1, 0.15) is 49.1 Å². The van der Waals surface area contributed by atoms with Crippen molar-refractivity contribution in [2.24, 2.45) is 0 Å². The number of amides is 2. The number of rotatable bonds is 5. The Morgan fingerprint density at radius 3 is 2.63 bits per heavy atom. The average Bonchev–Trinajstić information content (AvgIpc) is 3.14. The van der Waals surface area contributed by atoms with Crippen LogP contribution in [0.15, 0.2) is 36.4 Å². The summed E-state index contributed by atoms with van der Waals surface area (Å²) in [5.74, 6) is 0. The largest absolute Gasteiger partial charge is 0.334 e. The molecule has 6 heteroatoms. The minimum atomic E-state index is -0.159. The first-order chi connectivity index (χ1) is 13.3. The van der Waals surface area contributed by atoms with Crippen molar-refractivity contribution >= 4 is 6.03 Å². The summed E-state index contributed by atoms with van der Waals surface area (Å²) in [6.07, 6.45) is 6.81. The molecule has 0 radical (unpaired) electrons. The Hall–Kier alpha value is -2.34. The maximum atomic E-state index is 12.0. The zero-order chi connectivity index (χ0) is 18.5. The van der Waals surface area contributed by atoms with Crippen LogP contribution in [0.4, 0.5) is 4.79 Å². The summed E-state index contributed by atoms with van der Waals surface area (Å²) in [6, 6.07) is 12.7. The van der Waals surface area contributed by atoms with Gasteiger partial charge in [0.25, 0.3) is 0 Å². The van der Waals surface area contributed by atoms with Crippen LogP contribution in [0.2, 0.25) is 0 Å². The van der Waals surface area contributed by atoms with Gasteiger partial charge < -0.3 is 10.6 Å². The van der Waals surface area contributed by atoms with E-state index >= 15 is 0 Å². The first kappa shape index (κ1) is 18.0. The van der Waals surface area contributed by atoms with Gasteiger partial charge in [-0.15, -0.1) is 0 Å². The molecule has 2 amide bonds. The molecule has 27 heavy (non-hydrogen) atoms. The van der Waals surface area contributed by atoms with Gasteiger partial charge in [-0.1, -0.05) is 49.6 Å². The second kappa shape index (κ2) is 8.57. The summed E-state index contributed by atoms with van der Waals surface area (Å²) in [6.45, 7) is 4.01. The second-order valence-corrected chi connectivity index (χ2v) is 7.63. The normalized spacial score (nSPS) is 18.1. The van der Waals surface area contributed by atoms with Crippen LogP contribution < -0.4 is 10.6 Å². The fourth-order valence-electron chi connectivity index (χ4n) is 4.20. The van der Waals surface area contributed by atoms with Gasteiger partial charge in [-0.3, -0.25) is 9.58 Å². The van der Waals surface area contributed by atoms with Gasteiger partial charge in [-0.2, -0.15) is 5.10 Å². The minimum Gasteiger partial charge on any atom is -0.334 e. The summed E-state index contributed by atoms with van der Waals surface area (Å²) < 4.78 is 2.11. The van der Waals surface area contributed by atoms with Gasteiger partial charge in [0.1, 0.15) is 0 Å². The van der Waals surface area contributed by atoms with Gasteiger partial charge in [0.15, 0.2) is 0 Å². The summed E-state index contributed by atoms with van der Waals surface area (Å²) in [5.41, 5.74) is 3.30. The van der Waals surface area contributed by atoms with Crippen LogP contribution in [0, 0.1) is 0 Å². The highest BCUT2D eigenvalue weighted by atomic mass is 16.2. The van der Waals surface area contributed by atoms with E-state index in [0.29, 0.717) is 13.1 Å². The molecule has 0 atom stereocenters. The highest BCUT2D eigenvalue weighted by molar-refractivity contribution is 5.73. The molecule has 1 aliphatic carbocycles. The lowest BCUT2D eigenvalue weighted by Crippen LogP contribution is -2.42. The number of hydrogen-bond donors (Lipinski definition) is 2. The van der Waals surface area contributed by atoms with E-state index in [2.05, 4.69) is 31.4 Å². The lowest BCUT2D eigenvalue weighted by molar-refractivity contribution is 0.119. The van der Waals surface area contributed by atoms with Crippen molar-refractivity contribution in [2.45, 2.75) is 64.3 Å². The number of nitrogens with zero attached hydrogens (tertiary/aromatic N) is 3. The number of benzene rings is 1. The standard InChI is InChI=1S/C21H29N5O/c27-21(22-14-17-7-3-1-4-8-17)23-15-18-13-20-16-25(11-12-26(20)24-18)19-9-5-2-6-10-19/h1,3-4,7-8,13,19H,2,5-6,9-12,14-16H2,(H2,22,23,27). The van der Waals surface area contributed by atoms with Gasteiger partial charge in [0.2, 0.25) is 0 Å². The van der Waals surface area contributed by atoms with E-state index in [1.807, 2.05) is 30.3 Å². The summed E-state index contributed by atoms with van der Waals surface area (Å²) in [4.78, 5) is 14.7. The molecule has 0 unspecified atom stereocenters. The fourth-order valence-corrected chi connectivity index (χ4v) is 4.20. The number of fused-ring (bicyclic) bond motifs is 1. The summed E-state index contributed by atoms with van der Waals surface area (Å²) in [5, 5.41) is 10.5. The van der Waals surface area contributed by atoms with Crippen molar-refractivity contribution in [1.82, 2.24) is 25.3 Å². The van der Waals surface area contributed by atoms with Crippen LogP contribution in [0.3, 0.4) is 0 Å². The van der Waals surface area contributed by atoms with Crippen molar-refractivity contribution in [3.63, 3.8) is 0 Å². The van der Waals surface area contributed by atoms with Crippen molar-refractivity contribution in [2.75, 3.05) is 6.54 Å². The maximum Gasteiger partial charge on any atom is 0.315 e. The van der Waals surface area contributed by atoms with E-state index < -0.39 is 0 Å². The Morgan fingerprint density at radius 1 is 1.04 bits per heavy atom. The minimum absolute atomic E-state index is 0.159. The van der Waals surface area contributed by atoms with Crippen LogP contribution in [0.25, 0.3) is 0 Å². The van der Waals surface area contributed by atoms with Gasteiger partial charge in [-0.05, 0) is 24.5 Å². The van der Waals surface area contributed by atoms with Crippen LogP contribution in [-0.4, -0.2) is 33.3 Å². The Morgan fingerprint density at radius 2 is 1.81 bits per heavy atom. The molecule has 1 fully saturated rings. The average molecular weight is 367 g/mol. The third-order valence-corrected chi connectivity index (χ3v) is 5.70. The molecule has 1 saturated carbocycles. The molecule has 144 valence electrons. The van der Waals surface area contributed by atoms with E-state index in [4.69, 9.17) is 0 Å². The number of carbonyl (C=O) groups excluding carboxylic acids is 1. The third-order valence-electron chi connectivity index (χ3n) is 5.70. The third kappa shape index (κ3) is 4.69. The fraction of sp³-hybridized carbons (Fsp3) is 0.524. The number of urea groups is 1. The molecule has 6 nitrogen and oxygen atoms in total. The Balaban J connectivity index is 1.26. The number of aromatic nitrogens is 2. The zero-order valence-corrected chi connectivity index (χ0v) is 15.9. The van der Waals surface area contributed by atoms with Crippen LogP contribution in [0.5, 0.6) is 0 Å². The first-order valence-electron chi connectivity index (χ1n) is 10.1. The van der Waals surface area contributed by atoms with Crippen molar-refractivity contribution in [1.29, 1.82) is 0 Å². The van der Waals surface area contributed by atoms with Gasteiger partial charge in [0, 0.05) is 25.7 Å². The first-order valence-corrected chi connectivity index (χ1v) is 10.1. The molecule has 0 bridgehead atoms. The molecular weight excluding hydrogens is 338 g/mol. The molecule has 1 aromatic carbocycles. The van der Waals surface area contributed by atoms with E-state index in [1.54, 1.807) is 0 Å². The second-order valence-electron chi connectivity index (χ2n) is 7.63. The Labute approximate surface area is 160 Å². The molecule has 2 aromatic rings. The topological polar surface area (TPSA) is 62.2 Å². The van der Waals surface area contributed by atoms with E-state index in [9.17, 15) is 4.79 Å². The zero-order valence-electron chi connectivity index (χ0n) is 15.9. The predicted octanol–water partition coefficient (Wildman–Crippen LogP) is 3.03. The Bertz CT molecular complexity index is 751. The molecular formula is C21H29N5O. The molecule has 2 aliphatic rings. The van der Waals surface area contributed by atoms with Crippen molar-refractivity contribution < 1.29 is 4.79 Å². The van der Waals surface area contributed by atoms with Gasteiger partial charge in [-0.25, -0.2) is 4.79 Å². The molecule has 1 aliphatic heterocycles. The molecule has 2 N–H and O–H groups in total. The lowest BCUT2D eigenvalue weighted by Gasteiger charge is -2.36. The quantitative estimate of drug-likeness (QED) is 0.854. The smallest absolute Gasteiger partial charge is 0.315 e. The summed E-state index contributed by atoms with van der Waals surface area (Å²) in [7, 11) is 0. The van der Waals surface area contributed by atoms with Gasteiger partial charge in [0.05, 0.1) is 24.5 Å². The highest BCUT2D eigenvalue weighted by Gasteiger charge is 2.25. The van der Waals surface area contributed by atoms with Crippen LogP contribution in [-0.2, 0) is 26.2 Å². The Kier molecular flexibility index (Phi) is 5.72. The van der Waals surface area contributed by atoms with Gasteiger partial charge >= 0.3 is 6.03 Å². The number of carbonyl (C=O) groups is 1. The highest BCUT2D eigenvalue weighted by Crippen LogP contribution is 2.26. The van der Waals surface area contributed by atoms with E-state index in [1.165, 1.54) is 37.8 Å². The number of hydrogen-bond acceptors (Lipinski definition) is 3. The van der Waals surface area contributed by atoms with Crippen molar-refractivity contribution in [3.8, 4) is 0 Å². The molecule has 4 rings (SSSR count). The molecule has 0 saturated heterocycles. The predicted molar refractivity (Wildman–Crippen MR) is 105 cm³/mol.